The van der Waals surface area contributed by atoms with E-state index in [9.17, 15) is 13.2 Å². The molecule has 0 aromatic heterocycles. The molecule has 2 rings (SSSR count). The molecule has 98 valence electrons. The molecule has 1 nitrogen and oxygen atoms in total. The molecule has 1 saturated carbocycles. The van der Waals surface area contributed by atoms with Gasteiger partial charge in [-0.1, -0.05) is 12.5 Å². The number of nitrogens with zero attached hydrogens (tertiary/aromatic N) is 1. The number of alkyl halides is 3. The number of rotatable bonds is 2. The Bertz CT molecular complexity index is 287. The zero-order chi connectivity index (χ0) is 12.5. The average molecular weight is 247 g/mol. The minimum atomic E-state index is -4.00. The smallest absolute Gasteiger partial charge is 0.299 e. The molecule has 1 saturated heterocycles. The summed E-state index contributed by atoms with van der Waals surface area (Å²) < 4.78 is 38.4. The lowest BCUT2D eigenvalue weighted by Crippen LogP contribution is -2.37. The third-order valence-electron chi connectivity index (χ3n) is 4.31. The van der Waals surface area contributed by atoms with Crippen molar-refractivity contribution in [2.24, 2.45) is 11.3 Å². The first-order valence-electron chi connectivity index (χ1n) is 6.35. The van der Waals surface area contributed by atoms with E-state index < -0.39 is 12.1 Å². The summed E-state index contributed by atoms with van der Waals surface area (Å²) in [5, 5.41) is 0. The first-order valence-corrected chi connectivity index (χ1v) is 6.35. The zero-order valence-electron chi connectivity index (χ0n) is 10.1. The minimum Gasteiger partial charge on any atom is -0.299 e. The summed E-state index contributed by atoms with van der Waals surface area (Å²) in [5.41, 5.74) is -0.0680. The first kappa shape index (κ1) is 12.9. The van der Waals surface area contributed by atoms with E-state index in [4.69, 9.17) is 0 Å². The Morgan fingerprint density at radius 2 is 2.12 bits per heavy atom. The van der Waals surface area contributed by atoms with Crippen LogP contribution >= 0.6 is 0 Å². The normalized spacial score (nSPS) is 35.4. The predicted octanol–water partition coefficient (Wildman–Crippen LogP) is 3.62. The van der Waals surface area contributed by atoms with Gasteiger partial charge in [0.25, 0.3) is 0 Å². The molecule has 4 heteroatoms. The van der Waals surface area contributed by atoms with Gasteiger partial charge < -0.3 is 0 Å². The summed E-state index contributed by atoms with van der Waals surface area (Å²) in [6.45, 7) is 6.25. The zero-order valence-corrected chi connectivity index (χ0v) is 10.1. The first-order chi connectivity index (χ1) is 7.95. The summed E-state index contributed by atoms with van der Waals surface area (Å²) in [5.74, 6) is -1.07. The summed E-state index contributed by atoms with van der Waals surface area (Å²) in [6.07, 6.45) is 1.12. The summed E-state index contributed by atoms with van der Waals surface area (Å²) in [7, 11) is 0. The van der Waals surface area contributed by atoms with Gasteiger partial charge in [-0.25, -0.2) is 0 Å². The molecular weight excluding hydrogens is 227 g/mol. The van der Waals surface area contributed by atoms with Crippen LogP contribution in [-0.4, -0.2) is 30.7 Å². The van der Waals surface area contributed by atoms with Crippen molar-refractivity contribution in [3.63, 3.8) is 0 Å². The highest BCUT2D eigenvalue weighted by atomic mass is 19.4. The highest BCUT2D eigenvalue weighted by Gasteiger charge is 2.49. The summed E-state index contributed by atoms with van der Waals surface area (Å²) in [4.78, 5) is 2.23. The number of likely N-dealkylation sites (tertiary alicyclic amines) is 1. The lowest BCUT2D eigenvalue weighted by molar-refractivity contribution is -0.191. The van der Waals surface area contributed by atoms with Crippen molar-refractivity contribution in [2.45, 2.75) is 38.3 Å². The Morgan fingerprint density at radius 1 is 1.35 bits per heavy atom. The van der Waals surface area contributed by atoms with Crippen molar-refractivity contribution in [3.05, 3.63) is 12.7 Å². The number of hydrogen-bond donors (Lipinski definition) is 0. The van der Waals surface area contributed by atoms with E-state index in [1.165, 1.54) is 0 Å². The molecule has 0 aromatic carbocycles. The van der Waals surface area contributed by atoms with Gasteiger partial charge in [0.2, 0.25) is 0 Å². The van der Waals surface area contributed by atoms with Crippen LogP contribution in [0.15, 0.2) is 12.7 Å². The van der Waals surface area contributed by atoms with Crippen molar-refractivity contribution in [1.82, 2.24) is 4.90 Å². The van der Waals surface area contributed by atoms with Crippen molar-refractivity contribution in [2.75, 3.05) is 19.6 Å². The van der Waals surface area contributed by atoms with Crippen molar-refractivity contribution >= 4 is 0 Å². The van der Waals surface area contributed by atoms with E-state index in [1.807, 2.05) is 6.08 Å². The monoisotopic (exact) mass is 247 g/mol. The van der Waals surface area contributed by atoms with Crippen LogP contribution in [0.3, 0.4) is 0 Å². The van der Waals surface area contributed by atoms with Gasteiger partial charge in [0.15, 0.2) is 0 Å². The fraction of sp³-hybridized carbons (Fsp3) is 0.846. The highest BCUT2D eigenvalue weighted by Crippen LogP contribution is 2.50. The van der Waals surface area contributed by atoms with Crippen LogP contribution in [0.25, 0.3) is 0 Å². The highest BCUT2D eigenvalue weighted by molar-refractivity contribution is 4.96. The quantitative estimate of drug-likeness (QED) is 0.674. The Labute approximate surface area is 101 Å². The molecule has 2 aliphatic rings. The molecule has 0 amide bonds. The summed E-state index contributed by atoms with van der Waals surface area (Å²) >= 11 is 0. The molecule has 1 aliphatic carbocycles. The maximum atomic E-state index is 12.8. The average Bonchev–Trinajstić information content (AvgIpc) is 2.61. The van der Waals surface area contributed by atoms with Crippen LogP contribution < -0.4 is 0 Å². The number of halogens is 3. The largest absolute Gasteiger partial charge is 0.391 e. The van der Waals surface area contributed by atoms with Gasteiger partial charge in [-0.15, -0.1) is 6.58 Å². The van der Waals surface area contributed by atoms with Crippen LogP contribution in [0.4, 0.5) is 13.2 Å². The molecule has 0 unspecified atom stereocenters. The second kappa shape index (κ2) is 4.63. The van der Waals surface area contributed by atoms with Gasteiger partial charge in [0.1, 0.15) is 0 Å². The van der Waals surface area contributed by atoms with E-state index in [0.717, 1.165) is 38.9 Å². The van der Waals surface area contributed by atoms with Gasteiger partial charge in [-0.05, 0) is 37.6 Å². The van der Waals surface area contributed by atoms with Crippen molar-refractivity contribution < 1.29 is 13.2 Å². The predicted molar refractivity (Wildman–Crippen MR) is 61.7 cm³/mol. The standard InChI is InChI=1S/C13H20F3N/c1-2-7-17-8-6-12(10-17)5-3-4-11(9-12)13(14,15)16/h2,11H,1,3-10H2/t11-,12+/m0/s1. The van der Waals surface area contributed by atoms with Gasteiger partial charge in [0.05, 0.1) is 5.92 Å². The summed E-state index contributed by atoms with van der Waals surface area (Å²) in [6, 6.07) is 0. The topological polar surface area (TPSA) is 3.24 Å². The van der Waals surface area contributed by atoms with Crippen LogP contribution in [0, 0.1) is 11.3 Å². The molecule has 1 heterocycles. The van der Waals surface area contributed by atoms with Crippen molar-refractivity contribution in [3.8, 4) is 0 Å². The van der Waals surface area contributed by atoms with E-state index >= 15 is 0 Å². The van der Waals surface area contributed by atoms with E-state index in [0.29, 0.717) is 12.8 Å². The van der Waals surface area contributed by atoms with E-state index in [2.05, 4.69) is 11.5 Å². The molecule has 0 aromatic rings. The van der Waals surface area contributed by atoms with Gasteiger partial charge in [0, 0.05) is 13.1 Å². The van der Waals surface area contributed by atoms with Gasteiger partial charge in [-0.2, -0.15) is 13.2 Å². The second-order valence-electron chi connectivity index (χ2n) is 5.61. The van der Waals surface area contributed by atoms with Crippen LogP contribution in [-0.2, 0) is 0 Å². The fourth-order valence-electron chi connectivity index (χ4n) is 3.47. The minimum absolute atomic E-state index is 0.0680. The van der Waals surface area contributed by atoms with Crippen LogP contribution in [0.5, 0.6) is 0 Å². The molecule has 1 aliphatic heterocycles. The molecule has 2 atom stereocenters. The molecule has 2 fully saturated rings. The molecule has 1 spiro atoms. The van der Waals surface area contributed by atoms with E-state index in [1.54, 1.807) is 0 Å². The SMILES string of the molecule is C=CCN1CC[C@@]2(CCC[C@H](C(F)(F)F)C2)C1. The van der Waals surface area contributed by atoms with E-state index in [-0.39, 0.29) is 5.41 Å². The third kappa shape index (κ3) is 2.84. The van der Waals surface area contributed by atoms with Crippen molar-refractivity contribution in [1.29, 1.82) is 0 Å². The Balaban J connectivity index is 2.00. The molecular formula is C13H20F3N. The van der Waals surface area contributed by atoms with Crippen LogP contribution in [0.2, 0.25) is 0 Å². The number of hydrogen-bond acceptors (Lipinski definition) is 1. The fourth-order valence-corrected chi connectivity index (χ4v) is 3.47. The third-order valence-corrected chi connectivity index (χ3v) is 4.31. The van der Waals surface area contributed by atoms with Gasteiger partial charge >= 0.3 is 6.18 Å². The molecule has 0 radical (unpaired) electrons. The Hall–Kier alpha value is -0.510. The maximum Gasteiger partial charge on any atom is 0.391 e. The second-order valence-corrected chi connectivity index (χ2v) is 5.61. The molecule has 0 bridgehead atoms. The lowest BCUT2D eigenvalue weighted by Gasteiger charge is -2.38. The Kier molecular flexibility index (Phi) is 3.53. The maximum absolute atomic E-state index is 12.8. The molecule has 0 N–H and O–H groups in total. The van der Waals surface area contributed by atoms with Crippen LogP contribution in [0.1, 0.15) is 32.1 Å². The lowest BCUT2D eigenvalue weighted by atomic mass is 9.69. The molecule has 17 heavy (non-hydrogen) atoms. The van der Waals surface area contributed by atoms with Gasteiger partial charge in [-0.3, -0.25) is 4.90 Å². The Morgan fingerprint density at radius 3 is 2.76 bits per heavy atom.